The fourth-order valence-corrected chi connectivity index (χ4v) is 3.33. The molecule has 0 spiro atoms. The summed E-state index contributed by atoms with van der Waals surface area (Å²) < 4.78 is 0. The van der Waals surface area contributed by atoms with Gasteiger partial charge in [-0.1, -0.05) is 48.5 Å². The van der Waals surface area contributed by atoms with Gasteiger partial charge in [0.25, 0.3) is 0 Å². The number of aliphatic imine (C=N–C) groups is 1. The number of fused-ring (bicyclic) bond motifs is 1. The maximum atomic E-state index is 5.93. The maximum Gasteiger partial charge on any atom is 0.188 e. The molecule has 0 atom stereocenters. The van der Waals surface area contributed by atoms with E-state index in [2.05, 4.69) is 70.3 Å². The van der Waals surface area contributed by atoms with Crippen molar-refractivity contribution < 1.29 is 0 Å². The minimum absolute atomic E-state index is 0.529. The van der Waals surface area contributed by atoms with Crippen LogP contribution in [0.4, 0.5) is 0 Å². The van der Waals surface area contributed by atoms with Gasteiger partial charge in [0.05, 0.1) is 0 Å². The number of hydrogen-bond acceptors (Lipinski definition) is 2. The van der Waals surface area contributed by atoms with Gasteiger partial charge in [-0.25, -0.2) is 0 Å². The van der Waals surface area contributed by atoms with Gasteiger partial charge in [0.2, 0.25) is 0 Å². The van der Waals surface area contributed by atoms with Crippen LogP contribution >= 0.6 is 11.3 Å². The number of guanidine groups is 1. The Morgan fingerprint density at radius 3 is 2.74 bits per heavy atom. The molecule has 0 saturated carbocycles. The lowest BCUT2D eigenvalue weighted by Crippen LogP contribution is -2.33. The van der Waals surface area contributed by atoms with Gasteiger partial charge in [0, 0.05) is 24.4 Å². The zero-order chi connectivity index (χ0) is 15.9. The normalized spacial score (nSPS) is 11.7. The lowest BCUT2D eigenvalue weighted by atomic mass is 10.0. The van der Waals surface area contributed by atoms with Crippen LogP contribution in [0.5, 0.6) is 0 Å². The van der Waals surface area contributed by atoms with E-state index in [9.17, 15) is 0 Å². The zero-order valence-electron chi connectivity index (χ0n) is 13.0. The van der Waals surface area contributed by atoms with Crippen LogP contribution in [0, 0.1) is 0 Å². The summed E-state index contributed by atoms with van der Waals surface area (Å²) in [5.41, 5.74) is 7.27. The fourth-order valence-electron chi connectivity index (χ4n) is 2.63. The standard InChI is InChI=1S/C19H21N3S/c20-19(22-13-11-17-8-4-14-23-17)21-12-10-16-7-3-6-15-5-1-2-9-18(15)16/h1-9,14H,10-13H2,(H3,20,21,22). The van der Waals surface area contributed by atoms with Crippen molar-refractivity contribution in [1.29, 1.82) is 0 Å². The zero-order valence-corrected chi connectivity index (χ0v) is 13.9. The van der Waals surface area contributed by atoms with E-state index >= 15 is 0 Å². The SMILES string of the molecule is NC(=NCCc1cccs1)NCCc1cccc2ccccc12. The van der Waals surface area contributed by atoms with Crippen LogP contribution in [0.2, 0.25) is 0 Å². The van der Waals surface area contributed by atoms with E-state index in [1.54, 1.807) is 11.3 Å². The molecule has 1 heterocycles. The van der Waals surface area contributed by atoms with Crippen LogP contribution in [0.25, 0.3) is 10.8 Å². The average Bonchev–Trinajstić information content (AvgIpc) is 3.08. The van der Waals surface area contributed by atoms with E-state index < -0.39 is 0 Å². The lowest BCUT2D eigenvalue weighted by Gasteiger charge is -2.08. The van der Waals surface area contributed by atoms with Crippen molar-refractivity contribution in [2.75, 3.05) is 13.1 Å². The molecule has 118 valence electrons. The van der Waals surface area contributed by atoms with Crippen molar-refractivity contribution in [2.24, 2.45) is 10.7 Å². The molecule has 3 N–H and O–H groups in total. The molecule has 1 aromatic heterocycles. The van der Waals surface area contributed by atoms with Gasteiger partial charge >= 0.3 is 0 Å². The second kappa shape index (κ2) is 7.79. The highest BCUT2D eigenvalue weighted by Crippen LogP contribution is 2.18. The number of nitrogens with one attached hydrogen (secondary N) is 1. The number of rotatable bonds is 6. The number of nitrogens with two attached hydrogens (primary N) is 1. The quantitative estimate of drug-likeness (QED) is 0.538. The average molecular weight is 323 g/mol. The Balaban J connectivity index is 1.50. The summed E-state index contributed by atoms with van der Waals surface area (Å²) in [4.78, 5) is 5.73. The molecule has 3 nitrogen and oxygen atoms in total. The largest absolute Gasteiger partial charge is 0.370 e. The van der Waals surface area contributed by atoms with Gasteiger partial charge < -0.3 is 11.1 Å². The first-order valence-electron chi connectivity index (χ1n) is 7.86. The minimum atomic E-state index is 0.529. The van der Waals surface area contributed by atoms with Crippen molar-refractivity contribution in [2.45, 2.75) is 12.8 Å². The molecule has 2 aromatic carbocycles. The van der Waals surface area contributed by atoms with Crippen molar-refractivity contribution in [3.8, 4) is 0 Å². The topological polar surface area (TPSA) is 50.4 Å². The molecule has 3 rings (SSSR count). The number of benzene rings is 2. The van der Waals surface area contributed by atoms with Crippen molar-refractivity contribution in [3.63, 3.8) is 0 Å². The Bertz CT molecular complexity index is 773. The summed E-state index contributed by atoms with van der Waals surface area (Å²) in [6.07, 6.45) is 1.88. The third-order valence-corrected chi connectivity index (χ3v) is 4.74. The fraction of sp³-hybridized carbons (Fsp3) is 0.211. The molecule has 0 aliphatic heterocycles. The van der Waals surface area contributed by atoms with Crippen LogP contribution in [-0.2, 0) is 12.8 Å². The predicted octanol–water partition coefficient (Wildman–Crippen LogP) is 3.59. The van der Waals surface area contributed by atoms with E-state index in [0.29, 0.717) is 5.96 Å². The maximum absolute atomic E-state index is 5.93. The lowest BCUT2D eigenvalue weighted by molar-refractivity contribution is 0.849. The summed E-state index contributed by atoms with van der Waals surface area (Å²) in [7, 11) is 0. The minimum Gasteiger partial charge on any atom is -0.370 e. The predicted molar refractivity (Wildman–Crippen MR) is 100 cm³/mol. The van der Waals surface area contributed by atoms with E-state index in [1.807, 2.05) is 0 Å². The first-order chi connectivity index (χ1) is 11.3. The van der Waals surface area contributed by atoms with Crippen molar-refractivity contribution in [3.05, 3.63) is 70.4 Å². The summed E-state index contributed by atoms with van der Waals surface area (Å²) in [5, 5.41) is 7.89. The Morgan fingerprint density at radius 1 is 1.00 bits per heavy atom. The van der Waals surface area contributed by atoms with Gasteiger partial charge in [0.15, 0.2) is 5.96 Å². The van der Waals surface area contributed by atoms with Crippen LogP contribution < -0.4 is 11.1 Å². The molecule has 4 heteroatoms. The van der Waals surface area contributed by atoms with Crippen LogP contribution in [0.1, 0.15) is 10.4 Å². The van der Waals surface area contributed by atoms with E-state index in [1.165, 1.54) is 21.2 Å². The van der Waals surface area contributed by atoms with Gasteiger partial charge in [0.1, 0.15) is 0 Å². The van der Waals surface area contributed by atoms with Gasteiger partial charge in [-0.15, -0.1) is 11.3 Å². The Morgan fingerprint density at radius 2 is 1.87 bits per heavy atom. The summed E-state index contributed by atoms with van der Waals surface area (Å²) >= 11 is 1.76. The highest BCUT2D eigenvalue weighted by molar-refractivity contribution is 7.09. The molecule has 3 aromatic rings. The monoisotopic (exact) mass is 323 g/mol. The summed E-state index contributed by atoms with van der Waals surface area (Å²) in [6, 6.07) is 19.1. The molecule has 0 aliphatic carbocycles. The molecule has 0 fully saturated rings. The third kappa shape index (κ3) is 4.33. The smallest absolute Gasteiger partial charge is 0.188 e. The molecule has 0 amide bonds. The first-order valence-corrected chi connectivity index (χ1v) is 8.74. The van der Waals surface area contributed by atoms with Crippen LogP contribution in [-0.4, -0.2) is 19.0 Å². The van der Waals surface area contributed by atoms with Gasteiger partial charge in [-0.3, -0.25) is 4.99 Å². The molecule has 0 unspecified atom stereocenters. The second-order valence-corrected chi connectivity index (χ2v) is 6.44. The van der Waals surface area contributed by atoms with E-state index in [0.717, 1.165) is 25.9 Å². The number of thiophene rings is 1. The Hall–Kier alpha value is -2.33. The highest BCUT2D eigenvalue weighted by atomic mass is 32.1. The first kappa shape index (κ1) is 15.6. The number of nitrogens with zero attached hydrogens (tertiary/aromatic N) is 1. The van der Waals surface area contributed by atoms with Gasteiger partial charge in [-0.2, -0.15) is 0 Å². The Kier molecular flexibility index (Phi) is 5.27. The van der Waals surface area contributed by atoms with Crippen molar-refractivity contribution in [1.82, 2.24) is 5.32 Å². The molecule has 0 saturated heterocycles. The number of hydrogen-bond donors (Lipinski definition) is 2. The molecule has 0 radical (unpaired) electrons. The van der Waals surface area contributed by atoms with E-state index in [4.69, 9.17) is 5.73 Å². The summed E-state index contributed by atoms with van der Waals surface area (Å²) in [5.74, 6) is 0.529. The van der Waals surface area contributed by atoms with Crippen LogP contribution in [0.3, 0.4) is 0 Å². The molecule has 23 heavy (non-hydrogen) atoms. The second-order valence-electron chi connectivity index (χ2n) is 5.41. The Labute approximate surface area is 140 Å². The third-order valence-electron chi connectivity index (χ3n) is 3.80. The molecular weight excluding hydrogens is 302 g/mol. The van der Waals surface area contributed by atoms with Crippen molar-refractivity contribution >= 4 is 28.1 Å². The molecule has 0 aliphatic rings. The molecule has 0 bridgehead atoms. The van der Waals surface area contributed by atoms with Gasteiger partial charge in [-0.05, 0) is 34.2 Å². The van der Waals surface area contributed by atoms with Crippen LogP contribution in [0.15, 0.2) is 65.0 Å². The molecular formula is C19H21N3S. The van der Waals surface area contributed by atoms with E-state index in [-0.39, 0.29) is 0 Å². The summed E-state index contributed by atoms with van der Waals surface area (Å²) in [6.45, 7) is 1.52. The highest BCUT2D eigenvalue weighted by Gasteiger charge is 2.00.